The van der Waals surface area contributed by atoms with Gasteiger partial charge in [-0.2, -0.15) is 13.2 Å². The van der Waals surface area contributed by atoms with E-state index in [0.717, 1.165) is 17.4 Å². The first-order valence-corrected chi connectivity index (χ1v) is 6.95. The highest BCUT2D eigenvalue weighted by Crippen LogP contribution is 2.40. The first-order chi connectivity index (χ1) is 10.4. The maximum atomic E-state index is 13.3. The molecule has 4 nitrogen and oxygen atoms in total. The standard InChI is InChI=1S/C14H7F3N2O2S/c15-14(16,17)9-7-8-3-1-4-10(19(20)21)12(8)18-13(9)11-5-2-6-22-11/h1-7H. The Hall–Kier alpha value is -2.48. The summed E-state index contributed by atoms with van der Waals surface area (Å²) in [5.41, 5.74) is -1.56. The highest BCUT2D eigenvalue weighted by atomic mass is 32.1. The molecule has 8 heteroatoms. The van der Waals surface area contributed by atoms with Gasteiger partial charge in [0, 0.05) is 11.5 Å². The molecule has 2 aromatic heterocycles. The molecule has 0 spiro atoms. The number of nitro groups is 1. The number of fused-ring (bicyclic) bond motifs is 1. The van der Waals surface area contributed by atoms with Gasteiger partial charge in [0.05, 0.1) is 21.1 Å². The van der Waals surface area contributed by atoms with Gasteiger partial charge in [0.1, 0.15) is 5.52 Å². The number of non-ortho nitro benzene ring substituents is 1. The van der Waals surface area contributed by atoms with E-state index in [1.807, 2.05) is 0 Å². The number of alkyl halides is 3. The van der Waals surface area contributed by atoms with E-state index in [1.165, 1.54) is 24.3 Å². The van der Waals surface area contributed by atoms with Gasteiger partial charge >= 0.3 is 6.18 Å². The predicted molar refractivity (Wildman–Crippen MR) is 76.7 cm³/mol. The van der Waals surface area contributed by atoms with E-state index in [9.17, 15) is 23.3 Å². The summed E-state index contributed by atoms with van der Waals surface area (Å²) in [6.45, 7) is 0. The largest absolute Gasteiger partial charge is 0.418 e. The molecule has 0 atom stereocenters. The predicted octanol–water partition coefficient (Wildman–Crippen LogP) is 4.89. The van der Waals surface area contributed by atoms with Crippen LogP contribution in [-0.4, -0.2) is 9.91 Å². The van der Waals surface area contributed by atoms with Gasteiger partial charge in [0.2, 0.25) is 0 Å². The average Bonchev–Trinajstić information content (AvgIpc) is 2.98. The van der Waals surface area contributed by atoms with E-state index >= 15 is 0 Å². The minimum Gasteiger partial charge on any atom is -0.258 e. The molecule has 0 amide bonds. The monoisotopic (exact) mass is 324 g/mol. The lowest BCUT2D eigenvalue weighted by Gasteiger charge is -2.12. The van der Waals surface area contributed by atoms with Crippen molar-refractivity contribution in [3.8, 4) is 10.6 Å². The molecule has 2 heterocycles. The van der Waals surface area contributed by atoms with Gasteiger partial charge in [-0.15, -0.1) is 11.3 Å². The number of aromatic nitrogens is 1. The number of benzene rings is 1. The number of hydrogen-bond acceptors (Lipinski definition) is 4. The van der Waals surface area contributed by atoms with E-state index in [0.29, 0.717) is 4.88 Å². The number of nitro benzene ring substituents is 1. The van der Waals surface area contributed by atoms with Crippen molar-refractivity contribution in [2.75, 3.05) is 0 Å². The fourth-order valence-corrected chi connectivity index (χ4v) is 2.88. The zero-order valence-corrected chi connectivity index (χ0v) is 11.6. The summed E-state index contributed by atoms with van der Waals surface area (Å²) < 4.78 is 39.8. The van der Waals surface area contributed by atoms with Crippen LogP contribution in [0.3, 0.4) is 0 Å². The fourth-order valence-electron chi connectivity index (χ4n) is 2.15. The van der Waals surface area contributed by atoms with Crippen molar-refractivity contribution in [3.05, 3.63) is 57.5 Å². The van der Waals surface area contributed by atoms with Crippen molar-refractivity contribution in [2.24, 2.45) is 0 Å². The van der Waals surface area contributed by atoms with Crippen LogP contribution in [0.1, 0.15) is 5.56 Å². The SMILES string of the molecule is O=[N+]([O-])c1cccc2cc(C(F)(F)F)c(-c3cccs3)nc12. The highest BCUT2D eigenvalue weighted by molar-refractivity contribution is 7.13. The molecular formula is C14H7F3N2O2S. The molecule has 0 unspecified atom stereocenters. The molecule has 112 valence electrons. The van der Waals surface area contributed by atoms with E-state index in [2.05, 4.69) is 4.98 Å². The zero-order valence-electron chi connectivity index (χ0n) is 10.8. The lowest BCUT2D eigenvalue weighted by Crippen LogP contribution is -2.08. The van der Waals surface area contributed by atoms with Crippen molar-refractivity contribution < 1.29 is 18.1 Å². The average molecular weight is 324 g/mol. The summed E-state index contributed by atoms with van der Waals surface area (Å²) in [5, 5.41) is 12.8. The lowest BCUT2D eigenvalue weighted by molar-refractivity contribution is -0.383. The zero-order chi connectivity index (χ0) is 15.9. The minimum absolute atomic E-state index is 0.0519. The summed E-state index contributed by atoms with van der Waals surface area (Å²) in [6, 6.07) is 7.95. The second-order valence-corrected chi connectivity index (χ2v) is 5.41. The maximum Gasteiger partial charge on any atom is 0.418 e. The molecule has 0 N–H and O–H groups in total. The number of pyridine rings is 1. The summed E-state index contributed by atoms with van der Waals surface area (Å²) in [4.78, 5) is 14.7. The second kappa shape index (κ2) is 5.06. The summed E-state index contributed by atoms with van der Waals surface area (Å²) >= 11 is 1.10. The number of hydrogen-bond donors (Lipinski definition) is 0. The Morgan fingerprint density at radius 3 is 2.55 bits per heavy atom. The molecule has 0 radical (unpaired) electrons. The van der Waals surface area contributed by atoms with Crippen LogP contribution in [0.25, 0.3) is 21.5 Å². The molecule has 0 fully saturated rings. The third kappa shape index (κ3) is 2.41. The Bertz CT molecular complexity index is 860. The highest BCUT2D eigenvalue weighted by Gasteiger charge is 2.36. The van der Waals surface area contributed by atoms with Crippen LogP contribution >= 0.6 is 11.3 Å². The molecule has 0 saturated heterocycles. The number of nitrogens with zero attached hydrogens (tertiary/aromatic N) is 2. The number of halogens is 3. The molecule has 1 aromatic carbocycles. The quantitative estimate of drug-likeness (QED) is 0.498. The van der Waals surface area contributed by atoms with Gasteiger partial charge in [-0.25, -0.2) is 4.98 Å². The molecular weight excluding hydrogens is 317 g/mol. The molecule has 0 aliphatic heterocycles. The van der Waals surface area contributed by atoms with Crippen LogP contribution in [0, 0.1) is 10.1 Å². The number of para-hydroxylation sites is 1. The van der Waals surface area contributed by atoms with Crippen molar-refractivity contribution in [1.29, 1.82) is 0 Å². The van der Waals surface area contributed by atoms with Gasteiger partial charge in [-0.3, -0.25) is 10.1 Å². The normalized spacial score (nSPS) is 11.8. The summed E-state index contributed by atoms with van der Waals surface area (Å²) in [6.07, 6.45) is -4.59. The van der Waals surface area contributed by atoms with Crippen LogP contribution in [0.15, 0.2) is 41.8 Å². The molecule has 22 heavy (non-hydrogen) atoms. The Balaban J connectivity index is 2.40. The molecule has 3 rings (SSSR count). The topological polar surface area (TPSA) is 56.0 Å². The van der Waals surface area contributed by atoms with Crippen molar-refractivity contribution in [3.63, 3.8) is 0 Å². The minimum atomic E-state index is -4.59. The first-order valence-electron chi connectivity index (χ1n) is 6.07. The lowest BCUT2D eigenvalue weighted by atomic mass is 10.1. The fraction of sp³-hybridized carbons (Fsp3) is 0.0714. The van der Waals surface area contributed by atoms with E-state index < -0.39 is 16.7 Å². The third-order valence-electron chi connectivity index (χ3n) is 3.08. The second-order valence-electron chi connectivity index (χ2n) is 4.47. The van der Waals surface area contributed by atoms with Crippen LogP contribution in [-0.2, 0) is 6.18 Å². The van der Waals surface area contributed by atoms with Gasteiger partial charge in [0.25, 0.3) is 5.69 Å². The van der Waals surface area contributed by atoms with E-state index in [4.69, 9.17) is 0 Å². The van der Waals surface area contributed by atoms with Gasteiger partial charge in [-0.1, -0.05) is 18.2 Å². The van der Waals surface area contributed by atoms with Gasteiger partial charge < -0.3 is 0 Å². The molecule has 0 bridgehead atoms. The van der Waals surface area contributed by atoms with Crippen molar-refractivity contribution in [2.45, 2.75) is 6.18 Å². The van der Waals surface area contributed by atoms with Crippen LogP contribution in [0.2, 0.25) is 0 Å². The van der Waals surface area contributed by atoms with E-state index in [-0.39, 0.29) is 22.3 Å². The Morgan fingerprint density at radius 2 is 1.95 bits per heavy atom. The van der Waals surface area contributed by atoms with Crippen molar-refractivity contribution >= 4 is 27.9 Å². The maximum absolute atomic E-state index is 13.3. The first kappa shape index (κ1) is 14.5. The molecule has 0 aliphatic carbocycles. The smallest absolute Gasteiger partial charge is 0.258 e. The Labute approximate surface area is 126 Å². The Morgan fingerprint density at radius 1 is 1.18 bits per heavy atom. The Kier molecular flexibility index (Phi) is 3.32. The number of thiophene rings is 1. The summed E-state index contributed by atoms with van der Waals surface area (Å²) in [5.74, 6) is 0. The molecule has 0 aliphatic rings. The van der Waals surface area contributed by atoms with Crippen LogP contribution in [0.4, 0.5) is 18.9 Å². The van der Waals surface area contributed by atoms with Crippen LogP contribution < -0.4 is 0 Å². The third-order valence-corrected chi connectivity index (χ3v) is 3.96. The summed E-state index contributed by atoms with van der Waals surface area (Å²) in [7, 11) is 0. The molecule has 3 aromatic rings. The van der Waals surface area contributed by atoms with E-state index in [1.54, 1.807) is 11.4 Å². The van der Waals surface area contributed by atoms with Gasteiger partial charge in [0.15, 0.2) is 0 Å². The van der Waals surface area contributed by atoms with Crippen LogP contribution in [0.5, 0.6) is 0 Å². The van der Waals surface area contributed by atoms with Gasteiger partial charge in [-0.05, 0) is 17.5 Å². The molecule has 0 saturated carbocycles. The van der Waals surface area contributed by atoms with Crippen molar-refractivity contribution in [1.82, 2.24) is 4.98 Å². The number of rotatable bonds is 2.